The molecule has 0 aromatic heterocycles. The van der Waals surface area contributed by atoms with Crippen LogP contribution in [0.1, 0.15) is 13.8 Å². The van der Waals surface area contributed by atoms with E-state index < -0.39 is 14.4 Å². The summed E-state index contributed by atoms with van der Waals surface area (Å²) in [5, 5.41) is 0. The van der Waals surface area contributed by atoms with Crippen molar-refractivity contribution in [3.63, 3.8) is 0 Å². The van der Waals surface area contributed by atoms with E-state index in [0.29, 0.717) is 6.61 Å². The fourth-order valence-electron chi connectivity index (χ4n) is 0.995. The molecule has 0 bridgehead atoms. The minimum atomic E-state index is -2.28. The van der Waals surface area contributed by atoms with Gasteiger partial charge in [0.25, 0.3) is 0 Å². The second-order valence-corrected chi connectivity index (χ2v) is 3.76. The lowest BCUT2D eigenvalue weighted by Crippen LogP contribution is -2.23. The normalized spacial score (nSPS) is 28.2. The first kappa shape index (κ1) is 10.3. The van der Waals surface area contributed by atoms with Gasteiger partial charge in [-0.25, -0.2) is 0 Å². The predicted octanol–water partition coefficient (Wildman–Crippen LogP) is 0.366. The van der Waals surface area contributed by atoms with Gasteiger partial charge in [0.15, 0.2) is 5.79 Å². The number of ether oxygens (including phenoxy) is 2. The molecule has 1 rings (SSSR count). The van der Waals surface area contributed by atoms with Gasteiger partial charge in [0, 0.05) is 0 Å². The molecule has 0 aromatic carbocycles. The van der Waals surface area contributed by atoms with Crippen LogP contribution in [0.4, 0.5) is 0 Å². The summed E-state index contributed by atoms with van der Waals surface area (Å²) in [6.45, 7) is 4.18. The highest BCUT2D eigenvalue weighted by atomic mass is 31.2. The van der Waals surface area contributed by atoms with Crippen LogP contribution in [0.15, 0.2) is 0 Å². The highest BCUT2D eigenvalue weighted by Crippen LogP contribution is 2.28. The molecule has 1 saturated heterocycles. The fraction of sp³-hybridized carbons (Fsp3) is 1.00. The smallest absolute Gasteiger partial charge is 0.327 e. The Morgan fingerprint density at radius 3 is 2.67 bits per heavy atom. The minimum Gasteiger partial charge on any atom is -0.348 e. The third-order valence-corrected chi connectivity index (χ3v) is 1.82. The molecule has 0 aliphatic carbocycles. The van der Waals surface area contributed by atoms with Crippen LogP contribution in [0.2, 0.25) is 0 Å². The second kappa shape index (κ2) is 3.96. The molecule has 0 saturated carbocycles. The number of hydrogen-bond donors (Lipinski definition) is 2. The average molecular weight is 196 g/mol. The van der Waals surface area contributed by atoms with Crippen molar-refractivity contribution in [3.8, 4) is 0 Å². The van der Waals surface area contributed by atoms with E-state index in [0.717, 1.165) is 0 Å². The SMILES string of the molecule is CC1(C)OC[C@H](COP(O)O)O1. The largest absolute Gasteiger partial charge is 0.348 e. The maximum absolute atomic E-state index is 8.44. The third kappa shape index (κ3) is 3.31. The van der Waals surface area contributed by atoms with Crippen molar-refractivity contribution in [2.45, 2.75) is 25.7 Å². The Balaban J connectivity index is 2.20. The Bertz CT molecular complexity index is 149. The van der Waals surface area contributed by atoms with E-state index in [1.807, 2.05) is 0 Å². The zero-order valence-corrected chi connectivity index (χ0v) is 7.95. The van der Waals surface area contributed by atoms with Crippen LogP contribution in [-0.4, -0.2) is 34.9 Å². The van der Waals surface area contributed by atoms with Gasteiger partial charge in [-0.3, -0.25) is 0 Å². The second-order valence-electron chi connectivity index (χ2n) is 3.00. The Morgan fingerprint density at radius 2 is 2.25 bits per heavy atom. The quantitative estimate of drug-likeness (QED) is 0.638. The molecule has 6 heteroatoms. The molecule has 1 aliphatic rings. The molecular formula is C6H13O5P. The average Bonchev–Trinajstić information content (AvgIpc) is 2.26. The molecule has 5 nitrogen and oxygen atoms in total. The van der Waals surface area contributed by atoms with E-state index in [-0.39, 0.29) is 12.7 Å². The lowest BCUT2D eigenvalue weighted by molar-refractivity contribution is -0.141. The molecule has 72 valence electrons. The van der Waals surface area contributed by atoms with Crippen LogP contribution in [0.3, 0.4) is 0 Å². The van der Waals surface area contributed by atoms with Gasteiger partial charge in [-0.15, -0.1) is 0 Å². The van der Waals surface area contributed by atoms with Gasteiger partial charge in [-0.05, 0) is 13.8 Å². The van der Waals surface area contributed by atoms with Crippen LogP contribution in [0, 0.1) is 0 Å². The Morgan fingerprint density at radius 1 is 1.58 bits per heavy atom. The van der Waals surface area contributed by atoms with Crippen molar-refractivity contribution in [1.29, 1.82) is 0 Å². The minimum absolute atomic E-state index is 0.155. The maximum atomic E-state index is 8.44. The first-order valence-corrected chi connectivity index (χ1v) is 4.79. The highest BCUT2D eigenvalue weighted by molar-refractivity contribution is 7.39. The summed E-state index contributed by atoms with van der Waals surface area (Å²) in [6, 6.07) is 0. The molecular weight excluding hydrogens is 183 g/mol. The van der Waals surface area contributed by atoms with Crippen LogP contribution >= 0.6 is 8.60 Å². The molecule has 0 unspecified atom stereocenters. The summed E-state index contributed by atoms with van der Waals surface area (Å²) >= 11 is 0. The summed E-state index contributed by atoms with van der Waals surface area (Å²) < 4.78 is 15.2. The van der Waals surface area contributed by atoms with Crippen molar-refractivity contribution >= 4 is 8.60 Å². The maximum Gasteiger partial charge on any atom is 0.327 e. The molecule has 12 heavy (non-hydrogen) atoms. The highest BCUT2D eigenvalue weighted by Gasteiger charge is 2.32. The topological polar surface area (TPSA) is 68.2 Å². The number of hydrogen-bond acceptors (Lipinski definition) is 5. The van der Waals surface area contributed by atoms with E-state index in [9.17, 15) is 0 Å². The molecule has 1 aliphatic heterocycles. The standard InChI is InChI=1S/C6H13O5P/c1-6(2)9-3-5(11-6)4-10-12(7)8/h5,7-8H,3-4H2,1-2H3/t5-/m1/s1. The first-order valence-electron chi connectivity index (χ1n) is 3.62. The van der Waals surface area contributed by atoms with Crippen molar-refractivity contribution < 1.29 is 23.8 Å². The van der Waals surface area contributed by atoms with Crippen molar-refractivity contribution in [2.24, 2.45) is 0 Å². The molecule has 1 fully saturated rings. The van der Waals surface area contributed by atoms with Crippen LogP contribution in [0.25, 0.3) is 0 Å². The van der Waals surface area contributed by atoms with Gasteiger partial charge >= 0.3 is 8.60 Å². The van der Waals surface area contributed by atoms with Gasteiger partial charge in [0.05, 0.1) is 13.2 Å². The van der Waals surface area contributed by atoms with Crippen LogP contribution in [-0.2, 0) is 14.0 Å². The van der Waals surface area contributed by atoms with Gasteiger partial charge < -0.3 is 23.8 Å². The summed E-state index contributed by atoms with van der Waals surface area (Å²) in [4.78, 5) is 16.9. The zero-order valence-electron chi connectivity index (χ0n) is 7.06. The molecule has 0 aromatic rings. The predicted molar refractivity (Wildman–Crippen MR) is 42.2 cm³/mol. The van der Waals surface area contributed by atoms with E-state index >= 15 is 0 Å². The summed E-state index contributed by atoms with van der Waals surface area (Å²) in [6.07, 6.45) is -0.204. The van der Waals surface area contributed by atoms with Crippen molar-refractivity contribution in [1.82, 2.24) is 0 Å². The van der Waals surface area contributed by atoms with E-state index in [1.165, 1.54) is 0 Å². The fourth-order valence-corrected chi connectivity index (χ4v) is 1.29. The molecule has 0 radical (unpaired) electrons. The summed E-state index contributed by atoms with van der Waals surface area (Å²) in [7, 11) is -2.28. The molecule has 0 amide bonds. The van der Waals surface area contributed by atoms with Gasteiger partial charge in [0.2, 0.25) is 0 Å². The van der Waals surface area contributed by atoms with E-state index in [4.69, 9.17) is 19.3 Å². The van der Waals surface area contributed by atoms with Crippen molar-refractivity contribution in [3.05, 3.63) is 0 Å². The third-order valence-electron chi connectivity index (χ3n) is 1.44. The van der Waals surface area contributed by atoms with Crippen LogP contribution in [0.5, 0.6) is 0 Å². The monoisotopic (exact) mass is 196 g/mol. The molecule has 2 N–H and O–H groups in total. The van der Waals surface area contributed by atoms with Gasteiger partial charge in [-0.2, -0.15) is 0 Å². The zero-order chi connectivity index (χ0) is 9.19. The molecule has 1 atom stereocenters. The Labute approximate surface area is 72.2 Å². The van der Waals surface area contributed by atoms with Crippen molar-refractivity contribution in [2.75, 3.05) is 13.2 Å². The first-order chi connectivity index (χ1) is 5.49. The Kier molecular flexibility index (Phi) is 3.40. The molecule has 1 heterocycles. The Hall–Kier alpha value is 0.230. The van der Waals surface area contributed by atoms with Gasteiger partial charge in [0.1, 0.15) is 6.10 Å². The summed E-state index contributed by atoms with van der Waals surface area (Å²) in [5.74, 6) is -0.582. The van der Waals surface area contributed by atoms with E-state index in [1.54, 1.807) is 13.8 Å². The molecule has 0 spiro atoms. The lowest BCUT2D eigenvalue weighted by atomic mass is 10.4. The lowest BCUT2D eigenvalue weighted by Gasteiger charge is -2.16. The van der Waals surface area contributed by atoms with Gasteiger partial charge in [-0.1, -0.05) is 0 Å². The summed E-state index contributed by atoms with van der Waals surface area (Å²) in [5.41, 5.74) is 0. The van der Waals surface area contributed by atoms with E-state index in [2.05, 4.69) is 4.52 Å². The van der Waals surface area contributed by atoms with Crippen LogP contribution < -0.4 is 0 Å². The number of rotatable bonds is 3.